The van der Waals surface area contributed by atoms with Gasteiger partial charge in [0.25, 0.3) is 0 Å². The summed E-state index contributed by atoms with van der Waals surface area (Å²) in [6.45, 7) is 7.03. The number of aromatic nitrogens is 2. The van der Waals surface area contributed by atoms with Gasteiger partial charge in [0.2, 0.25) is 5.95 Å². The zero-order chi connectivity index (χ0) is 13.7. The number of hydrogen-bond donors (Lipinski definition) is 1. The maximum Gasteiger partial charge on any atom is 0.221 e. The van der Waals surface area contributed by atoms with E-state index < -0.39 is 0 Å². The number of rotatable bonds is 5. The summed E-state index contributed by atoms with van der Waals surface area (Å²) in [6.07, 6.45) is 6.42. The molecule has 0 saturated carbocycles. The van der Waals surface area contributed by atoms with E-state index in [0.717, 1.165) is 56.8 Å². The molecule has 2 heterocycles. The van der Waals surface area contributed by atoms with Gasteiger partial charge >= 0.3 is 0 Å². The predicted octanol–water partition coefficient (Wildman–Crippen LogP) is 2.02. The quantitative estimate of drug-likeness (QED) is 0.881. The standard InChI is InChI=1S/C14H24N4O/c1-3-8-19-12-6-5-7-18(10-12)13-11(4-2)9-16-14(15)17-13/h9,12H,3-8,10H2,1-2H3,(H2,15,16,17). The summed E-state index contributed by atoms with van der Waals surface area (Å²) in [5, 5.41) is 0. The number of ether oxygens (including phenoxy) is 1. The largest absolute Gasteiger partial charge is 0.376 e. The van der Waals surface area contributed by atoms with E-state index in [1.54, 1.807) is 0 Å². The topological polar surface area (TPSA) is 64.3 Å². The Balaban J connectivity index is 2.10. The molecule has 19 heavy (non-hydrogen) atoms. The number of aryl methyl sites for hydroxylation is 1. The molecule has 0 aromatic carbocycles. The third kappa shape index (κ3) is 3.56. The highest BCUT2D eigenvalue weighted by atomic mass is 16.5. The van der Waals surface area contributed by atoms with Gasteiger partial charge in [0.05, 0.1) is 6.10 Å². The van der Waals surface area contributed by atoms with Crippen LogP contribution in [0.2, 0.25) is 0 Å². The Morgan fingerprint density at radius 2 is 2.32 bits per heavy atom. The molecule has 0 bridgehead atoms. The van der Waals surface area contributed by atoms with Crippen molar-refractivity contribution in [2.24, 2.45) is 0 Å². The van der Waals surface area contributed by atoms with E-state index >= 15 is 0 Å². The van der Waals surface area contributed by atoms with Crippen LogP contribution < -0.4 is 10.6 Å². The lowest BCUT2D eigenvalue weighted by molar-refractivity contribution is 0.0439. The molecule has 1 unspecified atom stereocenters. The average Bonchev–Trinajstić information content (AvgIpc) is 2.45. The van der Waals surface area contributed by atoms with E-state index in [1.807, 2.05) is 6.20 Å². The van der Waals surface area contributed by atoms with E-state index in [0.29, 0.717) is 12.1 Å². The van der Waals surface area contributed by atoms with Crippen molar-refractivity contribution in [1.29, 1.82) is 0 Å². The Morgan fingerprint density at radius 1 is 1.47 bits per heavy atom. The molecular weight excluding hydrogens is 240 g/mol. The van der Waals surface area contributed by atoms with Gasteiger partial charge in [-0.1, -0.05) is 13.8 Å². The molecule has 0 aliphatic carbocycles. The van der Waals surface area contributed by atoms with Crippen molar-refractivity contribution < 1.29 is 4.74 Å². The van der Waals surface area contributed by atoms with Crippen LogP contribution in [0.25, 0.3) is 0 Å². The zero-order valence-corrected chi connectivity index (χ0v) is 11.9. The Morgan fingerprint density at radius 3 is 3.05 bits per heavy atom. The van der Waals surface area contributed by atoms with Gasteiger partial charge in [-0.25, -0.2) is 4.98 Å². The molecular formula is C14H24N4O. The van der Waals surface area contributed by atoms with Gasteiger partial charge in [0.1, 0.15) is 5.82 Å². The molecule has 1 atom stereocenters. The molecule has 1 aromatic heterocycles. The van der Waals surface area contributed by atoms with Crippen LogP contribution in [0.3, 0.4) is 0 Å². The Kier molecular flexibility index (Phi) is 4.96. The van der Waals surface area contributed by atoms with E-state index in [9.17, 15) is 0 Å². The second kappa shape index (κ2) is 6.70. The van der Waals surface area contributed by atoms with Gasteiger partial charge in [-0.3, -0.25) is 0 Å². The molecule has 5 heteroatoms. The average molecular weight is 264 g/mol. The van der Waals surface area contributed by atoms with Crippen molar-refractivity contribution in [1.82, 2.24) is 9.97 Å². The van der Waals surface area contributed by atoms with Gasteiger partial charge in [0.15, 0.2) is 0 Å². The lowest BCUT2D eigenvalue weighted by Gasteiger charge is -2.34. The number of piperidine rings is 1. The summed E-state index contributed by atoms with van der Waals surface area (Å²) in [5.41, 5.74) is 6.88. The first-order valence-corrected chi connectivity index (χ1v) is 7.22. The SMILES string of the molecule is CCCOC1CCCN(c2nc(N)ncc2CC)C1. The summed E-state index contributed by atoms with van der Waals surface area (Å²) in [5.74, 6) is 1.34. The molecule has 1 aromatic rings. The first-order chi connectivity index (χ1) is 9.24. The van der Waals surface area contributed by atoms with Gasteiger partial charge in [-0.2, -0.15) is 4.98 Å². The first kappa shape index (κ1) is 14.1. The second-order valence-electron chi connectivity index (χ2n) is 5.01. The zero-order valence-electron chi connectivity index (χ0n) is 11.9. The number of hydrogen-bond acceptors (Lipinski definition) is 5. The molecule has 2 N–H and O–H groups in total. The van der Waals surface area contributed by atoms with E-state index in [1.165, 1.54) is 0 Å². The van der Waals surface area contributed by atoms with Crippen molar-refractivity contribution >= 4 is 11.8 Å². The van der Waals surface area contributed by atoms with Gasteiger partial charge in [-0.05, 0) is 25.7 Å². The van der Waals surface area contributed by atoms with Crippen molar-refractivity contribution in [3.8, 4) is 0 Å². The highest BCUT2D eigenvalue weighted by Gasteiger charge is 2.23. The minimum atomic E-state index is 0.314. The van der Waals surface area contributed by atoms with Crippen molar-refractivity contribution in [2.45, 2.75) is 45.6 Å². The molecule has 106 valence electrons. The molecule has 1 aliphatic heterocycles. The number of anilines is 2. The summed E-state index contributed by atoms with van der Waals surface area (Å²) in [4.78, 5) is 10.8. The van der Waals surface area contributed by atoms with Crippen LogP contribution in [0, 0.1) is 0 Å². The maximum atomic E-state index is 5.87. The smallest absolute Gasteiger partial charge is 0.221 e. The number of nitrogen functional groups attached to an aromatic ring is 1. The number of nitrogens with zero attached hydrogens (tertiary/aromatic N) is 3. The Hall–Kier alpha value is -1.36. The van der Waals surface area contributed by atoms with Gasteiger partial charge < -0.3 is 15.4 Å². The molecule has 1 aliphatic rings. The van der Waals surface area contributed by atoms with Crippen LogP contribution >= 0.6 is 0 Å². The summed E-state index contributed by atoms with van der Waals surface area (Å²) in [6, 6.07) is 0. The molecule has 0 amide bonds. The summed E-state index contributed by atoms with van der Waals surface area (Å²) >= 11 is 0. The lowest BCUT2D eigenvalue weighted by atomic mass is 10.1. The van der Waals surface area contributed by atoms with Crippen LogP contribution in [0.4, 0.5) is 11.8 Å². The van der Waals surface area contributed by atoms with Crippen molar-refractivity contribution in [3.05, 3.63) is 11.8 Å². The maximum absolute atomic E-state index is 5.87. The summed E-state index contributed by atoms with van der Waals surface area (Å²) < 4.78 is 5.87. The molecule has 2 rings (SSSR count). The van der Waals surface area contributed by atoms with Crippen LogP contribution in [-0.2, 0) is 11.2 Å². The monoisotopic (exact) mass is 264 g/mol. The number of nitrogens with two attached hydrogens (primary N) is 1. The van der Waals surface area contributed by atoms with Crippen molar-refractivity contribution in [2.75, 3.05) is 30.3 Å². The molecule has 1 saturated heterocycles. The van der Waals surface area contributed by atoms with Crippen LogP contribution in [-0.4, -0.2) is 35.8 Å². The van der Waals surface area contributed by atoms with E-state index in [2.05, 4.69) is 28.7 Å². The molecule has 0 spiro atoms. The first-order valence-electron chi connectivity index (χ1n) is 7.22. The minimum absolute atomic E-state index is 0.314. The van der Waals surface area contributed by atoms with Crippen LogP contribution in [0.1, 0.15) is 38.7 Å². The van der Waals surface area contributed by atoms with E-state index in [4.69, 9.17) is 10.5 Å². The minimum Gasteiger partial charge on any atom is -0.376 e. The highest BCUT2D eigenvalue weighted by Crippen LogP contribution is 2.23. The summed E-state index contributed by atoms with van der Waals surface area (Å²) in [7, 11) is 0. The Bertz CT molecular complexity index is 410. The van der Waals surface area contributed by atoms with Crippen LogP contribution in [0.5, 0.6) is 0 Å². The fourth-order valence-corrected chi connectivity index (χ4v) is 2.49. The predicted molar refractivity (Wildman–Crippen MR) is 77.3 cm³/mol. The second-order valence-corrected chi connectivity index (χ2v) is 5.01. The lowest BCUT2D eigenvalue weighted by Crippen LogP contribution is -2.40. The van der Waals surface area contributed by atoms with E-state index in [-0.39, 0.29) is 0 Å². The van der Waals surface area contributed by atoms with Gasteiger partial charge in [-0.15, -0.1) is 0 Å². The van der Waals surface area contributed by atoms with Gasteiger partial charge in [0, 0.05) is 31.5 Å². The van der Waals surface area contributed by atoms with Crippen molar-refractivity contribution in [3.63, 3.8) is 0 Å². The fourth-order valence-electron chi connectivity index (χ4n) is 2.49. The highest BCUT2D eigenvalue weighted by molar-refractivity contribution is 5.49. The third-order valence-electron chi connectivity index (χ3n) is 3.48. The normalized spacial score (nSPS) is 19.7. The fraction of sp³-hybridized carbons (Fsp3) is 0.714. The van der Waals surface area contributed by atoms with Crippen LogP contribution in [0.15, 0.2) is 6.20 Å². The third-order valence-corrected chi connectivity index (χ3v) is 3.48. The molecule has 1 fully saturated rings. The molecule has 0 radical (unpaired) electrons. The Labute approximate surface area is 115 Å². The molecule has 5 nitrogen and oxygen atoms in total.